The van der Waals surface area contributed by atoms with Gasteiger partial charge in [-0.1, -0.05) is 11.6 Å². The van der Waals surface area contributed by atoms with Crippen molar-refractivity contribution in [1.29, 1.82) is 0 Å². The Labute approximate surface area is 145 Å². The Kier molecular flexibility index (Phi) is 5.20. The van der Waals surface area contributed by atoms with E-state index in [0.717, 1.165) is 19.4 Å². The minimum Gasteiger partial charge on any atom is -0.495 e. The van der Waals surface area contributed by atoms with Gasteiger partial charge in [0.25, 0.3) is 0 Å². The molecule has 0 saturated carbocycles. The van der Waals surface area contributed by atoms with Crippen LogP contribution < -0.4 is 10.1 Å². The van der Waals surface area contributed by atoms with Crippen molar-refractivity contribution in [3.05, 3.63) is 45.6 Å². The monoisotopic (exact) mass is 350 g/mol. The van der Waals surface area contributed by atoms with Gasteiger partial charge in [0.15, 0.2) is 0 Å². The van der Waals surface area contributed by atoms with E-state index in [1.54, 1.807) is 36.6 Å². The number of hydrogen-bond donors (Lipinski definition) is 1. The molecule has 1 saturated heterocycles. The molecule has 2 aromatic rings. The lowest BCUT2D eigenvalue weighted by Crippen LogP contribution is -2.32. The summed E-state index contributed by atoms with van der Waals surface area (Å²) in [7, 11) is 1.57. The van der Waals surface area contributed by atoms with Gasteiger partial charge in [-0.2, -0.15) is 11.3 Å². The van der Waals surface area contributed by atoms with E-state index >= 15 is 0 Å². The maximum Gasteiger partial charge on any atom is 0.238 e. The first kappa shape index (κ1) is 16.3. The number of anilines is 1. The van der Waals surface area contributed by atoms with Gasteiger partial charge < -0.3 is 10.1 Å². The summed E-state index contributed by atoms with van der Waals surface area (Å²) >= 11 is 7.79. The number of carbonyl (C=O) groups is 1. The van der Waals surface area contributed by atoms with Crippen LogP contribution in [0.25, 0.3) is 0 Å². The predicted octanol–water partition coefficient (Wildman–Crippen LogP) is 4.19. The summed E-state index contributed by atoms with van der Waals surface area (Å²) in [6, 6.07) is 7.75. The van der Waals surface area contributed by atoms with Crippen molar-refractivity contribution >= 4 is 34.5 Å². The van der Waals surface area contributed by atoms with Gasteiger partial charge in [-0.25, -0.2) is 0 Å². The van der Waals surface area contributed by atoms with Crippen LogP contribution in [-0.4, -0.2) is 31.0 Å². The second kappa shape index (κ2) is 7.34. The molecule has 1 aliphatic rings. The number of rotatable bonds is 5. The van der Waals surface area contributed by atoms with Crippen LogP contribution in [0, 0.1) is 0 Å². The Balaban J connectivity index is 1.62. The van der Waals surface area contributed by atoms with Crippen molar-refractivity contribution in [2.24, 2.45) is 0 Å². The Morgan fingerprint density at radius 2 is 2.35 bits per heavy atom. The van der Waals surface area contributed by atoms with E-state index < -0.39 is 0 Å². The van der Waals surface area contributed by atoms with Crippen LogP contribution in [-0.2, 0) is 4.79 Å². The van der Waals surface area contributed by atoms with Gasteiger partial charge in [-0.05, 0) is 60.0 Å². The standard InChI is InChI=1S/C17H19ClN2O2S/c1-22-16-5-4-13(9-14(16)18)19-17(21)10-20-7-2-3-15(20)12-6-8-23-11-12/h4-6,8-9,11,15H,2-3,7,10H2,1H3,(H,19,21)/t15-/m0/s1. The molecule has 0 bridgehead atoms. The Morgan fingerprint density at radius 3 is 3.04 bits per heavy atom. The highest BCUT2D eigenvalue weighted by atomic mass is 35.5. The van der Waals surface area contributed by atoms with Crippen molar-refractivity contribution in [3.8, 4) is 5.75 Å². The first-order valence-corrected chi connectivity index (χ1v) is 8.89. The smallest absolute Gasteiger partial charge is 0.238 e. The fraction of sp³-hybridized carbons (Fsp3) is 0.353. The molecule has 0 radical (unpaired) electrons. The third-order valence-electron chi connectivity index (χ3n) is 4.07. The maximum atomic E-state index is 12.3. The molecular formula is C17H19ClN2O2S. The van der Waals surface area contributed by atoms with E-state index in [9.17, 15) is 4.79 Å². The molecule has 0 spiro atoms. The molecular weight excluding hydrogens is 332 g/mol. The molecule has 3 rings (SSSR count). The zero-order valence-electron chi connectivity index (χ0n) is 12.9. The number of benzene rings is 1. The number of hydrogen-bond acceptors (Lipinski definition) is 4. The molecule has 1 aliphatic heterocycles. The van der Waals surface area contributed by atoms with Crippen LogP contribution in [0.3, 0.4) is 0 Å². The van der Waals surface area contributed by atoms with E-state index in [4.69, 9.17) is 16.3 Å². The topological polar surface area (TPSA) is 41.6 Å². The van der Waals surface area contributed by atoms with Crippen molar-refractivity contribution in [2.75, 3.05) is 25.5 Å². The van der Waals surface area contributed by atoms with Crippen LogP contribution >= 0.6 is 22.9 Å². The Hall–Kier alpha value is -1.56. The Bertz CT molecular complexity index is 675. The number of thiophene rings is 1. The summed E-state index contributed by atoms with van der Waals surface area (Å²) in [6.45, 7) is 1.35. The molecule has 1 amide bonds. The van der Waals surface area contributed by atoms with Crippen molar-refractivity contribution in [3.63, 3.8) is 0 Å². The molecule has 2 heterocycles. The fourth-order valence-electron chi connectivity index (χ4n) is 2.99. The fourth-order valence-corrected chi connectivity index (χ4v) is 3.95. The van der Waals surface area contributed by atoms with Gasteiger partial charge in [-0.3, -0.25) is 9.69 Å². The van der Waals surface area contributed by atoms with Gasteiger partial charge in [0.1, 0.15) is 5.75 Å². The molecule has 1 atom stereocenters. The minimum absolute atomic E-state index is 0.0200. The lowest BCUT2D eigenvalue weighted by molar-refractivity contribution is -0.117. The van der Waals surface area contributed by atoms with Gasteiger partial charge >= 0.3 is 0 Å². The van der Waals surface area contributed by atoms with Gasteiger partial charge in [0.2, 0.25) is 5.91 Å². The summed E-state index contributed by atoms with van der Waals surface area (Å²) in [4.78, 5) is 14.6. The molecule has 0 aliphatic carbocycles. The van der Waals surface area contributed by atoms with Crippen LogP contribution in [0.2, 0.25) is 5.02 Å². The molecule has 23 heavy (non-hydrogen) atoms. The van der Waals surface area contributed by atoms with Gasteiger partial charge in [0, 0.05) is 11.7 Å². The number of nitrogens with one attached hydrogen (secondary N) is 1. The number of nitrogens with zero attached hydrogens (tertiary/aromatic N) is 1. The number of amides is 1. The summed E-state index contributed by atoms with van der Waals surface area (Å²) < 4.78 is 5.12. The summed E-state index contributed by atoms with van der Waals surface area (Å²) in [5.74, 6) is 0.579. The molecule has 1 aromatic heterocycles. The van der Waals surface area contributed by atoms with Gasteiger partial charge in [-0.15, -0.1) is 0 Å². The Morgan fingerprint density at radius 1 is 1.48 bits per heavy atom. The molecule has 1 fully saturated rings. The summed E-state index contributed by atoms with van der Waals surface area (Å²) in [6.07, 6.45) is 2.24. The number of methoxy groups -OCH3 is 1. The average Bonchev–Trinajstić information content (AvgIpc) is 3.18. The van der Waals surface area contributed by atoms with E-state index in [1.807, 2.05) is 0 Å². The first-order chi connectivity index (χ1) is 11.2. The summed E-state index contributed by atoms with van der Waals surface area (Å²) in [5, 5.41) is 7.66. The SMILES string of the molecule is COc1ccc(NC(=O)CN2CCC[C@H]2c2ccsc2)cc1Cl. The highest BCUT2D eigenvalue weighted by Gasteiger charge is 2.27. The second-order valence-electron chi connectivity index (χ2n) is 5.58. The van der Waals surface area contributed by atoms with E-state index in [1.165, 1.54) is 5.56 Å². The van der Waals surface area contributed by atoms with Crippen molar-refractivity contribution < 1.29 is 9.53 Å². The predicted molar refractivity (Wildman–Crippen MR) is 94.5 cm³/mol. The van der Waals surface area contributed by atoms with Crippen LogP contribution in [0.5, 0.6) is 5.75 Å². The quantitative estimate of drug-likeness (QED) is 0.879. The largest absolute Gasteiger partial charge is 0.495 e. The normalized spacial score (nSPS) is 18.1. The number of halogens is 1. The molecule has 1 aromatic carbocycles. The third kappa shape index (κ3) is 3.86. The maximum absolute atomic E-state index is 12.3. The number of ether oxygens (including phenoxy) is 1. The minimum atomic E-state index is -0.0200. The third-order valence-corrected chi connectivity index (χ3v) is 5.07. The van der Waals surface area contributed by atoms with E-state index in [0.29, 0.717) is 29.0 Å². The highest BCUT2D eigenvalue weighted by molar-refractivity contribution is 7.07. The van der Waals surface area contributed by atoms with Crippen molar-refractivity contribution in [1.82, 2.24) is 4.90 Å². The molecule has 6 heteroatoms. The lowest BCUT2D eigenvalue weighted by atomic mass is 10.1. The highest BCUT2D eigenvalue weighted by Crippen LogP contribution is 2.33. The lowest BCUT2D eigenvalue weighted by Gasteiger charge is -2.23. The zero-order chi connectivity index (χ0) is 16.2. The molecule has 122 valence electrons. The van der Waals surface area contributed by atoms with Crippen LogP contribution in [0.1, 0.15) is 24.4 Å². The van der Waals surface area contributed by atoms with Crippen LogP contribution in [0.15, 0.2) is 35.0 Å². The first-order valence-electron chi connectivity index (χ1n) is 7.57. The average molecular weight is 351 g/mol. The van der Waals surface area contributed by atoms with Crippen LogP contribution in [0.4, 0.5) is 5.69 Å². The van der Waals surface area contributed by atoms with E-state index in [-0.39, 0.29) is 5.91 Å². The molecule has 1 N–H and O–H groups in total. The van der Waals surface area contributed by atoms with Gasteiger partial charge in [0.05, 0.1) is 18.7 Å². The zero-order valence-corrected chi connectivity index (χ0v) is 14.5. The number of carbonyl (C=O) groups excluding carboxylic acids is 1. The number of likely N-dealkylation sites (tertiary alicyclic amines) is 1. The second-order valence-corrected chi connectivity index (χ2v) is 6.77. The summed E-state index contributed by atoms with van der Waals surface area (Å²) in [5.41, 5.74) is 2.00. The molecule has 0 unspecified atom stereocenters. The van der Waals surface area contributed by atoms with E-state index in [2.05, 4.69) is 27.0 Å². The van der Waals surface area contributed by atoms with Crippen molar-refractivity contribution in [2.45, 2.75) is 18.9 Å². The molecule has 4 nitrogen and oxygen atoms in total.